The Hall–Kier alpha value is -0.970. The number of rotatable bonds is 5. The molecule has 112 valence electrons. The minimum atomic E-state index is 0. The van der Waals surface area contributed by atoms with Crippen LogP contribution in [0.2, 0.25) is 5.02 Å². The van der Waals surface area contributed by atoms with Crippen LogP contribution in [0.4, 0.5) is 5.69 Å². The molecule has 20 heavy (non-hydrogen) atoms. The Balaban J connectivity index is 0.00000200. The minimum Gasteiger partial charge on any atom is -0.492 e. The van der Waals surface area contributed by atoms with Crippen LogP contribution < -0.4 is 15.4 Å². The first-order chi connectivity index (χ1) is 9.19. The number of ether oxygens (including phenoxy) is 1. The van der Waals surface area contributed by atoms with Crippen molar-refractivity contribution in [2.75, 3.05) is 25.0 Å². The van der Waals surface area contributed by atoms with Crippen molar-refractivity contribution in [2.45, 2.75) is 19.8 Å². The van der Waals surface area contributed by atoms with Crippen LogP contribution in [0.1, 0.15) is 19.8 Å². The summed E-state index contributed by atoms with van der Waals surface area (Å²) in [5, 5.41) is 6.64. The maximum Gasteiger partial charge on any atom is 0.224 e. The van der Waals surface area contributed by atoms with Crippen molar-refractivity contribution in [3.05, 3.63) is 23.2 Å². The molecule has 1 aromatic carbocycles. The molecule has 0 aromatic heterocycles. The topological polar surface area (TPSA) is 50.4 Å². The predicted molar refractivity (Wildman–Crippen MR) is 84.1 cm³/mol. The second-order valence-electron chi connectivity index (χ2n) is 4.69. The van der Waals surface area contributed by atoms with E-state index in [1.807, 2.05) is 13.0 Å². The van der Waals surface area contributed by atoms with Gasteiger partial charge in [0.15, 0.2) is 0 Å². The normalized spacial score (nSPS) is 17.4. The molecular weight excluding hydrogens is 299 g/mol. The third kappa shape index (κ3) is 4.85. The highest BCUT2D eigenvalue weighted by atomic mass is 35.5. The van der Waals surface area contributed by atoms with Gasteiger partial charge in [-0.2, -0.15) is 0 Å². The molecule has 1 fully saturated rings. The van der Waals surface area contributed by atoms with E-state index in [2.05, 4.69) is 10.6 Å². The summed E-state index contributed by atoms with van der Waals surface area (Å²) in [4.78, 5) is 11.9. The first kappa shape index (κ1) is 17.1. The minimum absolute atomic E-state index is 0. The first-order valence-corrected chi connectivity index (χ1v) is 6.99. The Morgan fingerprint density at radius 3 is 2.95 bits per heavy atom. The second-order valence-corrected chi connectivity index (χ2v) is 5.10. The Morgan fingerprint density at radius 1 is 1.55 bits per heavy atom. The van der Waals surface area contributed by atoms with Crippen molar-refractivity contribution in [3.63, 3.8) is 0 Å². The van der Waals surface area contributed by atoms with Gasteiger partial charge in [-0.25, -0.2) is 0 Å². The van der Waals surface area contributed by atoms with Gasteiger partial charge in [0.1, 0.15) is 5.75 Å². The smallest absolute Gasteiger partial charge is 0.224 e. The summed E-state index contributed by atoms with van der Waals surface area (Å²) in [6, 6.07) is 5.30. The van der Waals surface area contributed by atoms with Crippen LogP contribution >= 0.6 is 24.0 Å². The Morgan fingerprint density at radius 2 is 2.35 bits per heavy atom. The van der Waals surface area contributed by atoms with E-state index in [4.69, 9.17) is 16.3 Å². The molecule has 1 unspecified atom stereocenters. The van der Waals surface area contributed by atoms with Crippen molar-refractivity contribution in [1.82, 2.24) is 5.32 Å². The lowest BCUT2D eigenvalue weighted by Gasteiger charge is -2.11. The molecule has 0 radical (unpaired) electrons. The number of carbonyl (C=O) groups is 1. The van der Waals surface area contributed by atoms with Gasteiger partial charge in [0.25, 0.3) is 0 Å². The number of anilines is 1. The predicted octanol–water partition coefficient (Wildman–Crippen LogP) is 3.10. The van der Waals surface area contributed by atoms with Crippen molar-refractivity contribution >= 4 is 35.6 Å². The van der Waals surface area contributed by atoms with Crippen LogP contribution in [-0.2, 0) is 4.79 Å². The average molecular weight is 319 g/mol. The number of hydrogen-bond donors (Lipinski definition) is 2. The highest BCUT2D eigenvalue weighted by molar-refractivity contribution is 6.32. The first-order valence-electron chi connectivity index (χ1n) is 6.62. The van der Waals surface area contributed by atoms with Crippen LogP contribution in [0.15, 0.2) is 18.2 Å². The fourth-order valence-corrected chi connectivity index (χ4v) is 2.45. The molecule has 2 rings (SSSR count). The van der Waals surface area contributed by atoms with Crippen molar-refractivity contribution in [1.29, 1.82) is 0 Å². The van der Waals surface area contributed by atoms with Gasteiger partial charge in [-0.1, -0.05) is 11.6 Å². The summed E-state index contributed by atoms with van der Waals surface area (Å²) in [6.45, 7) is 4.41. The lowest BCUT2D eigenvalue weighted by atomic mass is 10.0. The van der Waals surface area contributed by atoms with Crippen LogP contribution in [-0.4, -0.2) is 25.6 Å². The summed E-state index contributed by atoms with van der Waals surface area (Å²) >= 11 is 6.08. The standard InChI is InChI=1S/C14H19ClN2O2.ClH/c1-2-19-13-4-3-11(8-12(13)15)17-14(18)7-10-5-6-16-9-10;/h3-4,8,10,16H,2,5-7,9H2,1H3,(H,17,18);1H. The van der Waals surface area contributed by atoms with Crippen LogP contribution in [0.5, 0.6) is 5.75 Å². The number of amides is 1. The number of hydrogen-bond acceptors (Lipinski definition) is 3. The van der Waals surface area contributed by atoms with Gasteiger partial charge >= 0.3 is 0 Å². The molecule has 1 heterocycles. The van der Waals surface area contributed by atoms with E-state index in [1.165, 1.54) is 0 Å². The zero-order valence-electron chi connectivity index (χ0n) is 11.4. The summed E-state index contributed by atoms with van der Waals surface area (Å²) in [5.41, 5.74) is 0.712. The molecular formula is C14H20Cl2N2O2. The molecule has 1 amide bonds. The summed E-state index contributed by atoms with van der Waals surface area (Å²) < 4.78 is 5.35. The second kappa shape index (κ2) is 8.35. The summed E-state index contributed by atoms with van der Waals surface area (Å²) in [6.07, 6.45) is 1.62. The fourth-order valence-electron chi connectivity index (χ4n) is 2.21. The number of nitrogens with one attached hydrogen (secondary N) is 2. The van der Waals surface area contributed by atoms with Crippen molar-refractivity contribution in [2.24, 2.45) is 5.92 Å². The summed E-state index contributed by atoms with van der Waals surface area (Å²) in [7, 11) is 0. The van der Waals surface area contributed by atoms with E-state index in [9.17, 15) is 4.79 Å². The molecule has 1 aliphatic rings. The Kier molecular flexibility index (Phi) is 7.13. The van der Waals surface area contributed by atoms with E-state index in [-0.39, 0.29) is 18.3 Å². The third-order valence-corrected chi connectivity index (χ3v) is 3.45. The van der Waals surface area contributed by atoms with Crippen LogP contribution in [0.3, 0.4) is 0 Å². The number of halogens is 2. The Labute approximate surface area is 130 Å². The van der Waals surface area contributed by atoms with Gasteiger partial charge < -0.3 is 15.4 Å². The maximum absolute atomic E-state index is 11.9. The van der Waals surface area contributed by atoms with Gasteiger partial charge in [0.2, 0.25) is 5.91 Å². The molecule has 1 saturated heterocycles. The van der Waals surface area contributed by atoms with Gasteiger partial charge in [0.05, 0.1) is 11.6 Å². The largest absolute Gasteiger partial charge is 0.492 e. The van der Waals surface area contributed by atoms with E-state index in [0.717, 1.165) is 19.5 Å². The zero-order valence-corrected chi connectivity index (χ0v) is 13.0. The molecule has 6 heteroatoms. The van der Waals surface area contributed by atoms with E-state index < -0.39 is 0 Å². The lowest BCUT2D eigenvalue weighted by molar-refractivity contribution is -0.116. The highest BCUT2D eigenvalue weighted by Gasteiger charge is 2.18. The summed E-state index contributed by atoms with van der Waals surface area (Å²) in [5.74, 6) is 1.12. The van der Waals surface area contributed by atoms with Gasteiger partial charge in [-0.3, -0.25) is 4.79 Å². The molecule has 0 spiro atoms. The van der Waals surface area contributed by atoms with Crippen molar-refractivity contribution < 1.29 is 9.53 Å². The maximum atomic E-state index is 11.9. The number of carbonyl (C=O) groups excluding carboxylic acids is 1. The molecule has 1 aromatic rings. The number of benzene rings is 1. The van der Waals surface area contributed by atoms with E-state index >= 15 is 0 Å². The molecule has 4 nitrogen and oxygen atoms in total. The molecule has 0 bridgehead atoms. The van der Waals surface area contributed by atoms with Gasteiger partial charge in [-0.15, -0.1) is 12.4 Å². The van der Waals surface area contributed by atoms with Crippen LogP contribution in [0.25, 0.3) is 0 Å². The monoisotopic (exact) mass is 318 g/mol. The van der Waals surface area contributed by atoms with Gasteiger partial charge in [0, 0.05) is 12.1 Å². The molecule has 2 N–H and O–H groups in total. The van der Waals surface area contributed by atoms with Crippen molar-refractivity contribution in [3.8, 4) is 5.75 Å². The van der Waals surface area contributed by atoms with Crippen LogP contribution in [0, 0.1) is 5.92 Å². The SMILES string of the molecule is CCOc1ccc(NC(=O)CC2CCNC2)cc1Cl.Cl. The lowest BCUT2D eigenvalue weighted by Crippen LogP contribution is -2.18. The highest BCUT2D eigenvalue weighted by Crippen LogP contribution is 2.27. The molecule has 1 atom stereocenters. The van der Waals surface area contributed by atoms with E-state index in [1.54, 1.807) is 12.1 Å². The molecule has 0 saturated carbocycles. The molecule has 0 aliphatic carbocycles. The molecule has 1 aliphatic heterocycles. The Bertz CT molecular complexity index is 449. The fraction of sp³-hybridized carbons (Fsp3) is 0.500. The average Bonchev–Trinajstić information content (AvgIpc) is 2.85. The quantitative estimate of drug-likeness (QED) is 0.877. The zero-order chi connectivity index (χ0) is 13.7. The van der Waals surface area contributed by atoms with E-state index in [0.29, 0.717) is 35.4 Å². The third-order valence-electron chi connectivity index (χ3n) is 3.15. The van der Waals surface area contributed by atoms with Gasteiger partial charge in [-0.05, 0) is 50.6 Å².